The summed E-state index contributed by atoms with van der Waals surface area (Å²) in [7, 11) is 0. The topological polar surface area (TPSA) is 122 Å². The molecule has 9 heteroatoms. The van der Waals surface area contributed by atoms with Crippen molar-refractivity contribution in [2.45, 2.75) is 0 Å². The van der Waals surface area contributed by atoms with Crippen molar-refractivity contribution in [1.29, 1.82) is 0 Å². The Labute approximate surface area is 160 Å². The Morgan fingerprint density at radius 3 is 1.57 bits per heavy atom. The number of hydrazone groups is 2. The normalized spacial score (nSPS) is 10.9. The van der Waals surface area contributed by atoms with Gasteiger partial charge >= 0.3 is 0 Å². The van der Waals surface area contributed by atoms with Crippen molar-refractivity contribution in [3.05, 3.63) is 89.8 Å². The Bertz CT molecular complexity index is 926. The van der Waals surface area contributed by atoms with Crippen LogP contribution in [0, 0.1) is 0 Å². The van der Waals surface area contributed by atoms with Crippen LogP contribution in [0.25, 0.3) is 0 Å². The van der Waals surface area contributed by atoms with Gasteiger partial charge < -0.3 is 0 Å². The van der Waals surface area contributed by atoms with Crippen molar-refractivity contribution >= 4 is 24.2 Å². The van der Waals surface area contributed by atoms with Crippen LogP contribution >= 0.6 is 0 Å². The van der Waals surface area contributed by atoms with Gasteiger partial charge in [0.1, 0.15) is 11.4 Å². The second-order valence-electron chi connectivity index (χ2n) is 5.37. The van der Waals surface area contributed by atoms with Gasteiger partial charge in [0.2, 0.25) is 0 Å². The molecule has 3 rings (SSSR count). The minimum absolute atomic E-state index is 0.0534. The van der Waals surface area contributed by atoms with Crippen LogP contribution in [0.1, 0.15) is 32.1 Å². The van der Waals surface area contributed by atoms with Gasteiger partial charge in [-0.3, -0.25) is 19.6 Å². The summed E-state index contributed by atoms with van der Waals surface area (Å²) >= 11 is 0. The van der Waals surface area contributed by atoms with Crippen LogP contribution < -0.4 is 10.9 Å². The van der Waals surface area contributed by atoms with Gasteiger partial charge in [-0.15, -0.1) is 0 Å². The largest absolute Gasteiger partial charge is 0.289 e. The molecule has 0 spiro atoms. The zero-order valence-corrected chi connectivity index (χ0v) is 14.6. The predicted octanol–water partition coefficient (Wildman–Crippen LogP) is 1.40. The third-order valence-electron chi connectivity index (χ3n) is 3.39. The number of carbonyl (C=O) groups excluding carboxylic acids is 2. The molecule has 3 aromatic rings. The van der Waals surface area contributed by atoms with Crippen LogP contribution in [0.4, 0.5) is 0 Å². The quantitative estimate of drug-likeness (QED) is 0.500. The van der Waals surface area contributed by atoms with Crippen LogP contribution in [-0.4, -0.2) is 39.2 Å². The van der Waals surface area contributed by atoms with E-state index in [9.17, 15) is 9.59 Å². The minimum atomic E-state index is -0.541. The molecule has 0 saturated carbocycles. The molecule has 9 nitrogen and oxygen atoms in total. The highest BCUT2D eigenvalue weighted by Gasteiger charge is 2.11. The number of aromatic nitrogens is 3. The second kappa shape index (κ2) is 9.43. The summed E-state index contributed by atoms with van der Waals surface area (Å²) in [6.07, 6.45) is 9.41. The fourth-order valence-electron chi connectivity index (χ4n) is 2.03. The lowest BCUT2D eigenvalue weighted by molar-refractivity contribution is 0.0946. The maximum Gasteiger partial charge on any atom is 0.289 e. The SMILES string of the molecule is O=C(NN=Cc1ccncc1)c1cccc(C(=O)NN=Cc2ccncc2)n1. The fourth-order valence-corrected chi connectivity index (χ4v) is 2.03. The molecule has 0 aliphatic heterocycles. The van der Waals surface area contributed by atoms with Crippen LogP contribution in [0.2, 0.25) is 0 Å². The summed E-state index contributed by atoms with van der Waals surface area (Å²) in [5.74, 6) is -1.08. The van der Waals surface area contributed by atoms with Gasteiger partial charge in [-0.2, -0.15) is 10.2 Å². The third-order valence-corrected chi connectivity index (χ3v) is 3.39. The summed E-state index contributed by atoms with van der Waals surface area (Å²) in [4.78, 5) is 36.1. The molecule has 0 atom stereocenters. The molecular formula is C19H15N7O2. The van der Waals surface area contributed by atoms with Crippen LogP contribution in [-0.2, 0) is 0 Å². The van der Waals surface area contributed by atoms with E-state index >= 15 is 0 Å². The lowest BCUT2D eigenvalue weighted by atomic mass is 10.3. The van der Waals surface area contributed by atoms with E-state index in [1.165, 1.54) is 24.6 Å². The summed E-state index contributed by atoms with van der Waals surface area (Å²) < 4.78 is 0. The molecule has 0 radical (unpaired) electrons. The number of hydrogen-bond donors (Lipinski definition) is 2. The number of nitrogens with zero attached hydrogens (tertiary/aromatic N) is 5. The van der Waals surface area contributed by atoms with Gasteiger partial charge in [0.25, 0.3) is 11.8 Å². The molecule has 3 heterocycles. The zero-order valence-electron chi connectivity index (χ0n) is 14.6. The van der Waals surface area contributed by atoms with E-state index in [0.29, 0.717) is 0 Å². The van der Waals surface area contributed by atoms with Crippen LogP contribution in [0.15, 0.2) is 77.5 Å². The molecule has 0 aliphatic rings. The molecule has 2 amide bonds. The number of amides is 2. The monoisotopic (exact) mass is 373 g/mol. The molecule has 0 aliphatic carbocycles. The van der Waals surface area contributed by atoms with E-state index in [1.54, 1.807) is 55.1 Å². The minimum Gasteiger partial charge on any atom is -0.266 e. The number of hydrogen-bond acceptors (Lipinski definition) is 7. The van der Waals surface area contributed by atoms with E-state index in [0.717, 1.165) is 11.1 Å². The van der Waals surface area contributed by atoms with E-state index in [2.05, 4.69) is 36.0 Å². The van der Waals surface area contributed by atoms with Crippen molar-refractivity contribution < 1.29 is 9.59 Å². The summed E-state index contributed by atoms with van der Waals surface area (Å²) in [5, 5.41) is 7.71. The van der Waals surface area contributed by atoms with Gasteiger partial charge in [-0.1, -0.05) is 6.07 Å². The first kappa shape index (κ1) is 18.5. The predicted molar refractivity (Wildman–Crippen MR) is 103 cm³/mol. The maximum atomic E-state index is 12.1. The standard InChI is InChI=1S/C19H15N7O2/c27-18(25-22-12-14-4-8-20-9-5-14)16-2-1-3-17(24-16)19(28)26-23-13-15-6-10-21-11-7-15/h1-13H,(H,25,27)(H,26,28). The first-order valence-corrected chi connectivity index (χ1v) is 8.16. The zero-order chi connectivity index (χ0) is 19.6. The van der Waals surface area contributed by atoms with E-state index < -0.39 is 11.8 Å². The highest BCUT2D eigenvalue weighted by Crippen LogP contribution is 2.00. The fraction of sp³-hybridized carbons (Fsp3) is 0. The molecule has 3 aromatic heterocycles. The molecular weight excluding hydrogens is 358 g/mol. The average molecular weight is 373 g/mol. The Morgan fingerprint density at radius 1 is 0.714 bits per heavy atom. The smallest absolute Gasteiger partial charge is 0.266 e. The Hall–Kier alpha value is -4.27. The molecule has 0 bridgehead atoms. The van der Waals surface area contributed by atoms with Gasteiger partial charge in [0.15, 0.2) is 0 Å². The molecule has 0 saturated heterocycles. The second-order valence-corrected chi connectivity index (χ2v) is 5.37. The molecule has 28 heavy (non-hydrogen) atoms. The van der Waals surface area contributed by atoms with Crippen molar-refractivity contribution in [3.63, 3.8) is 0 Å². The van der Waals surface area contributed by atoms with Gasteiger partial charge in [0, 0.05) is 24.8 Å². The first-order valence-electron chi connectivity index (χ1n) is 8.16. The van der Waals surface area contributed by atoms with Crippen LogP contribution in [0.5, 0.6) is 0 Å². The highest BCUT2D eigenvalue weighted by atomic mass is 16.2. The van der Waals surface area contributed by atoms with Crippen molar-refractivity contribution in [2.75, 3.05) is 0 Å². The first-order chi connectivity index (χ1) is 13.7. The summed E-state index contributed by atoms with van der Waals surface area (Å²) in [5.41, 5.74) is 6.39. The number of carbonyl (C=O) groups is 2. The lowest BCUT2D eigenvalue weighted by Crippen LogP contribution is -2.23. The van der Waals surface area contributed by atoms with E-state index in [-0.39, 0.29) is 11.4 Å². The van der Waals surface area contributed by atoms with Gasteiger partial charge in [-0.25, -0.2) is 15.8 Å². The van der Waals surface area contributed by atoms with Crippen LogP contribution in [0.3, 0.4) is 0 Å². The number of rotatable bonds is 6. The van der Waals surface area contributed by atoms with Crippen molar-refractivity contribution in [1.82, 2.24) is 25.8 Å². The van der Waals surface area contributed by atoms with Gasteiger partial charge in [-0.05, 0) is 47.5 Å². The Kier molecular flexibility index (Phi) is 6.24. The molecule has 0 unspecified atom stereocenters. The third kappa shape index (κ3) is 5.36. The lowest BCUT2D eigenvalue weighted by Gasteiger charge is -2.02. The summed E-state index contributed by atoms with van der Waals surface area (Å²) in [6.45, 7) is 0. The van der Waals surface area contributed by atoms with Crippen molar-refractivity contribution in [2.24, 2.45) is 10.2 Å². The van der Waals surface area contributed by atoms with Crippen molar-refractivity contribution in [3.8, 4) is 0 Å². The summed E-state index contributed by atoms with van der Waals surface area (Å²) in [6, 6.07) is 11.5. The number of pyridine rings is 3. The Balaban J connectivity index is 1.59. The number of nitrogens with one attached hydrogen (secondary N) is 2. The molecule has 0 fully saturated rings. The molecule has 2 N–H and O–H groups in total. The molecule has 138 valence electrons. The molecule has 0 aromatic carbocycles. The van der Waals surface area contributed by atoms with E-state index in [4.69, 9.17) is 0 Å². The average Bonchev–Trinajstić information content (AvgIpc) is 2.75. The van der Waals surface area contributed by atoms with E-state index in [1.807, 2.05) is 0 Å². The van der Waals surface area contributed by atoms with Gasteiger partial charge in [0.05, 0.1) is 12.4 Å². The maximum absolute atomic E-state index is 12.1. The highest BCUT2D eigenvalue weighted by molar-refractivity contribution is 5.97. The Morgan fingerprint density at radius 2 is 1.14 bits per heavy atom.